The van der Waals surface area contributed by atoms with Crippen molar-refractivity contribution in [3.8, 4) is 0 Å². The molecule has 0 radical (unpaired) electrons. The number of carbonyl (C=O) groups excluding carboxylic acids is 1. The third kappa shape index (κ3) is 4.68. The zero-order chi connectivity index (χ0) is 15.1. The van der Waals surface area contributed by atoms with Gasteiger partial charge in [0, 0.05) is 39.2 Å². The van der Waals surface area contributed by atoms with Crippen LogP contribution in [0.3, 0.4) is 0 Å². The Morgan fingerprint density at radius 2 is 2.24 bits per heavy atom. The fraction of sp³-hybridized carbons (Fsp3) is 0.667. The Morgan fingerprint density at radius 1 is 1.48 bits per heavy atom. The second-order valence-electron chi connectivity index (χ2n) is 5.35. The van der Waals surface area contributed by atoms with Crippen LogP contribution in [0.15, 0.2) is 17.6 Å². The Morgan fingerprint density at radius 3 is 2.90 bits per heavy atom. The number of hydrogen-bond acceptors (Lipinski definition) is 5. The van der Waals surface area contributed by atoms with Gasteiger partial charge in [0.1, 0.15) is 0 Å². The zero-order valence-electron chi connectivity index (χ0n) is 12.7. The summed E-state index contributed by atoms with van der Waals surface area (Å²) in [7, 11) is 1.73. The zero-order valence-corrected chi connectivity index (χ0v) is 13.6. The van der Waals surface area contributed by atoms with E-state index in [0.29, 0.717) is 16.6 Å². The molecular formula is C15H23N3O2S. The van der Waals surface area contributed by atoms with Crippen LogP contribution in [0.2, 0.25) is 0 Å². The molecule has 0 unspecified atom stereocenters. The van der Waals surface area contributed by atoms with Crippen LogP contribution in [-0.2, 0) is 4.74 Å². The summed E-state index contributed by atoms with van der Waals surface area (Å²) >= 11 is 1.48. The van der Waals surface area contributed by atoms with Gasteiger partial charge in [0.05, 0.1) is 5.56 Å². The first kappa shape index (κ1) is 16.2. The van der Waals surface area contributed by atoms with Gasteiger partial charge in [0.25, 0.3) is 5.91 Å². The average molecular weight is 309 g/mol. The molecule has 0 N–H and O–H groups in total. The molecule has 6 heteroatoms. The molecular weight excluding hydrogens is 286 g/mol. The number of hydrogen-bond donors (Lipinski definition) is 0. The number of aromatic nitrogens is 2. The molecule has 1 aromatic heterocycles. The molecule has 0 aromatic carbocycles. The summed E-state index contributed by atoms with van der Waals surface area (Å²) < 4.78 is 5.10. The van der Waals surface area contributed by atoms with Crippen molar-refractivity contribution in [2.75, 3.05) is 33.1 Å². The fourth-order valence-electron chi connectivity index (χ4n) is 2.72. The van der Waals surface area contributed by atoms with Crippen molar-refractivity contribution in [3.05, 3.63) is 18.0 Å². The van der Waals surface area contributed by atoms with Crippen LogP contribution in [0.25, 0.3) is 0 Å². The highest BCUT2D eigenvalue weighted by Crippen LogP contribution is 2.22. The van der Waals surface area contributed by atoms with E-state index in [2.05, 4.69) is 9.97 Å². The Hall–Kier alpha value is -1.14. The summed E-state index contributed by atoms with van der Waals surface area (Å²) in [6, 6.07) is 0. The first-order valence-electron chi connectivity index (χ1n) is 7.39. The van der Waals surface area contributed by atoms with Crippen molar-refractivity contribution >= 4 is 17.7 Å². The minimum Gasteiger partial charge on any atom is -0.385 e. The summed E-state index contributed by atoms with van der Waals surface area (Å²) in [5, 5.41) is 0.697. The summed E-state index contributed by atoms with van der Waals surface area (Å²) in [6.07, 6.45) is 9.66. The molecule has 1 aliphatic heterocycles. The molecule has 0 bridgehead atoms. The summed E-state index contributed by atoms with van der Waals surface area (Å²) in [5.74, 6) is 0.642. The van der Waals surface area contributed by atoms with Gasteiger partial charge in [-0.15, -0.1) is 0 Å². The van der Waals surface area contributed by atoms with E-state index in [4.69, 9.17) is 4.74 Å². The predicted octanol–water partition coefficient (Wildman–Crippen LogP) is 2.48. The maximum atomic E-state index is 12.5. The monoisotopic (exact) mass is 309 g/mol. The Bertz CT molecular complexity index is 453. The number of piperidine rings is 1. The van der Waals surface area contributed by atoms with Gasteiger partial charge in [-0.25, -0.2) is 9.97 Å². The number of carbonyl (C=O) groups is 1. The van der Waals surface area contributed by atoms with Crippen molar-refractivity contribution in [2.24, 2.45) is 5.92 Å². The molecule has 2 rings (SSSR count). The lowest BCUT2D eigenvalue weighted by Crippen LogP contribution is -2.40. The molecule has 21 heavy (non-hydrogen) atoms. The first-order chi connectivity index (χ1) is 10.2. The maximum absolute atomic E-state index is 12.5. The highest BCUT2D eigenvalue weighted by Gasteiger charge is 2.24. The first-order valence-corrected chi connectivity index (χ1v) is 8.61. The number of thioether (sulfide) groups is 1. The van der Waals surface area contributed by atoms with Gasteiger partial charge in [-0.3, -0.25) is 4.79 Å². The lowest BCUT2D eigenvalue weighted by molar-refractivity contribution is 0.0659. The summed E-state index contributed by atoms with van der Waals surface area (Å²) in [5.41, 5.74) is 0.588. The number of likely N-dealkylation sites (tertiary alicyclic amines) is 1. The van der Waals surface area contributed by atoms with Crippen molar-refractivity contribution in [2.45, 2.75) is 30.8 Å². The topological polar surface area (TPSA) is 55.3 Å². The SMILES string of the molecule is COCCC[C@@H]1CCCN(C(=O)c2cnc(SC)nc2)C1. The number of nitrogens with zero attached hydrogens (tertiary/aromatic N) is 3. The molecule has 1 aliphatic rings. The molecule has 5 nitrogen and oxygen atoms in total. The van der Waals surface area contributed by atoms with Gasteiger partial charge in [0.15, 0.2) is 5.16 Å². The Balaban J connectivity index is 1.91. The van der Waals surface area contributed by atoms with E-state index in [1.165, 1.54) is 18.2 Å². The van der Waals surface area contributed by atoms with Gasteiger partial charge in [-0.05, 0) is 37.9 Å². The molecule has 1 atom stereocenters. The van der Waals surface area contributed by atoms with E-state index < -0.39 is 0 Å². The van der Waals surface area contributed by atoms with E-state index in [-0.39, 0.29) is 5.91 Å². The van der Waals surface area contributed by atoms with E-state index in [9.17, 15) is 4.79 Å². The van der Waals surface area contributed by atoms with Crippen LogP contribution < -0.4 is 0 Å². The number of amides is 1. The molecule has 1 fully saturated rings. The number of methoxy groups -OCH3 is 1. The highest BCUT2D eigenvalue weighted by atomic mass is 32.2. The smallest absolute Gasteiger partial charge is 0.257 e. The van der Waals surface area contributed by atoms with E-state index in [1.807, 2.05) is 11.2 Å². The van der Waals surface area contributed by atoms with Crippen molar-refractivity contribution in [3.63, 3.8) is 0 Å². The highest BCUT2D eigenvalue weighted by molar-refractivity contribution is 7.98. The molecule has 0 saturated carbocycles. The standard InChI is InChI=1S/C15H23N3O2S/c1-20-8-4-6-12-5-3-7-18(11-12)14(19)13-9-16-15(21-2)17-10-13/h9-10,12H,3-8,11H2,1-2H3/t12-/m0/s1. The summed E-state index contributed by atoms with van der Waals surface area (Å²) in [4.78, 5) is 22.8. The van der Waals surface area contributed by atoms with Crippen molar-refractivity contribution in [1.82, 2.24) is 14.9 Å². The van der Waals surface area contributed by atoms with Gasteiger partial charge >= 0.3 is 0 Å². The van der Waals surface area contributed by atoms with Crippen molar-refractivity contribution in [1.29, 1.82) is 0 Å². The van der Waals surface area contributed by atoms with Crippen LogP contribution in [0.5, 0.6) is 0 Å². The molecule has 0 aliphatic carbocycles. The molecule has 0 spiro atoms. The van der Waals surface area contributed by atoms with Gasteiger partial charge in [-0.1, -0.05) is 11.8 Å². The van der Waals surface area contributed by atoms with E-state index >= 15 is 0 Å². The largest absolute Gasteiger partial charge is 0.385 e. The van der Waals surface area contributed by atoms with Crippen LogP contribution in [0, 0.1) is 5.92 Å². The van der Waals surface area contributed by atoms with Crippen LogP contribution >= 0.6 is 11.8 Å². The lowest BCUT2D eigenvalue weighted by Gasteiger charge is -2.32. The second-order valence-corrected chi connectivity index (χ2v) is 6.13. The third-order valence-corrected chi connectivity index (χ3v) is 4.40. The molecule has 1 amide bonds. The van der Waals surface area contributed by atoms with Crippen LogP contribution in [0.1, 0.15) is 36.0 Å². The average Bonchev–Trinajstić information content (AvgIpc) is 2.55. The van der Waals surface area contributed by atoms with E-state index in [0.717, 1.165) is 39.0 Å². The van der Waals surface area contributed by atoms with Gasteiger partial charge < -0.3 is 9.64 Å². The molecule has 2 heterocycles. The van der Waals surface area contributed by atoms with Crippen LogP contribution in [-0.4, -0.2) is 53.8 Å². The Kier molecular flexibility index (Phi) is 6.45. The van der Waals surface area contributed by atoms with Crippen molar-refractivity contribution < 1.29 is 9.53 Å². The molecule has 1 aromatic rings. The third-order valence-electron chi connectivity index (χ3n) is 3.82. The van der Waals surface area contributed by atoms with Gasteiger partial charge in [-0.2, -0.15) is 0 Å². The predicted molar refractivity (Wildman–Crippen MR) is 83.6 cm³/mol. The quantitative estimate of drug-likeness (QED) is 0.459. The molecule has 1 saturated heterocycles. The lowest BCUT2D eigenvalue weighted by atomic mass is 9.93. The number of ether oxygens (including phenoxy) is 1. The van der Waals surface area contributed by atoms with Gasteiger partial charge in [0.2, 0.25) is 0 Å². The van der Waals surface area contributed by atoms with E-state index in [1.54, 1.807) is 19.5 Å². The normalized spacial score (nSPS) is 18.8. The minimum atomic E-state index is 0.0547. The Labute approximate surface area is 130 Å². The molecule has 116 valence electrons. The second kappa shape index (κ2) is 8.34. The van der Waals surface area contributed by atoms with Crippen LogP contribution in [0.4, 0.5) is 0 Å². The number of rotatable bonds is 6. The minimum absolute atomic E-state index is 0.0547. The summed E-state index contributed by atoms with van der Waals surface area (Å²) in [6.45, 7) is 2.48. The maximum Gasteiger partial charge on any atom is 0.257 e. The fourth-order valence-corrected chi connectivity index (χ4v) is 3.03.